The van der Waals surface area contributed by atoms with E-state index in [1.807, 2.05) is 0 Å². The third-order valence-electron chi connectivity index (χ3n) is 14.1. The molecule has 0 saturated carbocycles. The van der Waals surface area contributed by atoms with Gasteiger partial charge in [-0.25, -0.2) is 4.98 Å². The zero-order valence-corrected chi connectivity index (χ0v) is 37.4. The van der Waals surface area contributed by atoms with Gasteiger partial charge in [0.05, 0.1) is 55.5 Å². The Bertz CT molecular complexity index is 4010. The van der Waals surface area contributed by atoms with Crippen LogP contribution < -0.4 is 20.7 Å². The highest BCUT2D eigenvalue weighted by molar-refractivity contribution is 7.19. The van der Waals surface area contributed by atoms with Gasteiger partial charge in [0.25, 0.3) is 0 Å². The number of rotatable bonds is 7. The standard InChI is InChI=1S/C61H41N5Si/c1-4-20-43(21-5-1)67(44-22-6-2-7-23-44,45-24-8-3-9-25-45)46-37-39-57(64-54-33-17-12-28-49(54)50-29-13-18-34-55(50)64)60(41-46)66-58-38-36-42(40-59(58)65-56-35-19-14-30-51(56)62-61(65)66)63-52-31-15-10-26-47(52)48-27-11-16-32-53(48)63/h1-41H. The molecule has 0 bridgehead atoms. The van der Waals surface area contributed by atoms with E-state index < -0.39 is 8.07 Å². The van der Waals surface area contributed by atoms with E-state index in [-0.39, 0.29) is 0 Å². The van der Waals surface area contributed by atoms with E-state index in [4.69, 9.17) is 4.98 Å². The average Bonchev–Trinajstić information content (AvgIpc) is 4.13. The van der Waals surface area contributed by atoms with Crippen LogP contribution in [0.3, 0.4) is 0 Å². The summed E-state index contributed by atoms with van der Waals surface area (Å²) in [7, 11) is -2.98. The van der Waals surface area contributed by atoms with Gasteiger partial charge in [0.2, 0.25) is 5.78 Å². The van der Waals surface area contributed by atoms with Crippen LogP contribution in [0.1, 0.15) is 0 Å². The number of para-hydroxylation sites is 6. The molecule has 0 atom stereocenters. The van der Waals surface area contributed by atoms with Crippen molar-refractivity contribution in [2.45, 2.75) is 0 Å². The van der Waals surface area contributed by atoms with E-state index in [0.717, 1.165) is 55.9 Å². The third kappa shape index (κ3) is 5.39. The minimum Gasteiger partial charge on any atom is -0.309 e. The molecule has 0 fully saturated rings. The minimum atomic E-state index is -2.98. The second-order valence-corrected chi connectivity index (χ2v) is 21.3. The monoisotopic (exact) mass is 871 g/mol. The first-order chi connectivity index (χ1) is 33.3. The van der Waals surface area contributed by atoms with Gasteiger partial charge in [-0.15, -0.1) is 0 Å². The third-order valence-corrected chi connectivity index (χ3v) is 18.9. The van der Waals surface area contributed by atoms with Gasteiger partial charge in [0, 0.05) is 27.2 Å². The summed E-state index contributed by atoms with van der Waals surface area (Å²) in [5.41, 5.74) is 12.1. The quantitative estimate of drug-likeness (QED) is 0.116. The fourth-order valence-electron chi connectivity index (χ4n) is 11.3. The van der Waals surface area contributed by atoms with Crippen molar-refractivity contribution in [3.05, 3.63) is 249 Å². The van der Waals surface area contributed by atoms with Crippen LogP contribution in [0.15, 0.2) is 249 Å². The van der Waals surface area contributed by atoms with Crippen molar-refractivity contribution in [2.75, 3.05) is 0 Å². The van der Waals surface area contributed by atoms with Crippen molar-refractivity contribution >= 4 is 100 Å². The molecule has 0 radical (unpaired) electrons. The summed E-state index contributed by atoms with van der Waals surface area (Å²) in [6.07, 6.45) is 0. The molecule has 0 saturated heterocycles. The Hall–Kier alpha value is -8.71. The molecule has 0 spiro atoms. The zero-order chi connectivity index (χ0) is 44.1. The fraction of sp³-hybridized carbons (Fsp3) is 0. The Labute approximate surface area is 387 Å². The normalized spacial score (nSPS) is 12.2. The van der Waals surface area contributed by atoms with Gasteiger partial charge in [-0.3, -0.25) is 8.97 Å². The summed E-state index contributed by atoms with van der Waals surface area (Å²) in [5.74, 6) is 0.862. The summed E-state index contributed by atoms with van der Waals surface area (Å²) < 4.78 is 9.70. The Morgan fingerprint density at radius 2 is 0.731 bits per heavy atom. The molecular weight excluding hydrogens is 831 g/mol. The molecule has 0 aliphatic carbocycles. The second-order valence-electron chi connectivity index (χ2n) is 17.5. The highest BCUT2D eigenvalue weighted by Gasteiger charge is 2.42. The van der Waals surface area contributed by atoms with Crippen molar-refractivity contribution in [1.29, 1.82) is 0 Å². The summed E-state index contributed by atoms with van der Waals surface area (Å²) in [6, 6.07) is 91.6. The lowest BCUT2D eigenvalue weighted by atomic mass is 10.2. The van der Waals surface area contributed by atoms with Crippen molar-refractivity contribution < 1.29 is 0 Å². The SMILES string of the molecule is c1ccc([Si](c2ccccc2)(c2ccccc2)c2ccc(-n3c4ccccc4c4ccccc43)c(-n3c4ccc(-n5c6ccccc6c6ccccc65)cc4n4c5ccccc5nc34)c2)cc1. The molecule has 0 aliphatic heterocycles. The average molecular weight is 872 g/mol. The van der Waals surface area contributed by atoms with Crippen LogP contribution in [0.5, 0.6) is 0 Å². The summed E-state index contributed by atoms with van der Waals surface area (Å²) in [4.78, 5) is 5.56. The van der Waals surface area contributed by atoms with E-state index >= 15 is 0 Å². The number of imidazole rings is 2. The summed E-state index contributed by atoms with van der Waals surface area (Å²) >= 11 is 0. The number of benzene rings is 10. The lowest BCUT2D eigenvalue weighted by molar-refractivity contribution is 1.06. The van der Waals surface area contributed by atoms with Crippen LogP contribution >= 0.6 is 0 Å². The van der Waals surface area contributed by atoms with Crippen LogP contribution in [0, 0.1) is 0 Å². The molecule has 10 aromatic carbocycles. The van der Waals surface area contributed by atoms with Gasteiger partial charge >= 0.3 is 0 Å². The van der Waals surface area contributed by atoms with Crippen molar-refractivity contribution in [3.8, 4) is 17.1 Å². The maximum Gasteiger partial charge on any atom is 0.220 e. The van der Waals surface area contributed by atoms with Crippen LogP contribution in [-0.2, 0) is 0 Å². The van der Waals surface area contributed by atoms with Gasteiger partial charge in [-0.05, 0) is 87.5 Å². The van der Waals surface area contributed by atoms with Crippen molar-refractivity contribution in [1.82, 2.24) is 23.1 Å². The fourth-order valence-corrected chi connectivity index (χ4v) is 16.1. The molecule has 314 valence electrons. The van der Waals surface area contributed by atoms with Gasteiger partial charge in [0.15, 0.2) is 8.07 Å². The Balaban J connectivity index is 1.15. The second kappa shape index (κ2) is 14.7. The van der Waals surface area contributed by atoms with Gasteiger partial charge < -0.3 is 9.13 Å². The Morgan fingerprint density at radius 3 is 1.25 bits per heavy atom. The minimum absolute atomic E-state index is 0.862. The number of nitrogens with zero attached hydrogens (tertiary/aromatic N) is 5. The largest absolute Gasteiger partial charge is 0.309 e. The van der Waals surface area contributed by atoms with E-state index in [0.29, 0.717) is 0 Å². The molecular formula is C61H41N5Si. The smallest absolute Gasteiger partial charge is 0.220 e. The molecule has 0 unspecified atom stereocenters. The van der Waals surface area contributed by atoms with Crippen molar-refractivity contribution in [3.63, 3.8) is 0 Å². The van der Waals surface area contributed by atoms with E-state index in [2.05, 4.69) is 267 Å². The molecule has 4 heterocycles. The maximum atomic E-state index is 5.56. The number of hydrogen-bond acceptors (Lipinski definition) is 1. The number of hydrogen-bond donors (Lipinski definition) is 0. The molecule has 14 aromatic rings. The maximum absolute atomic E-state index is 5.56. The Morgan fingerprint density at radius 1 is 0.284 bits per heavy atom. The van der Waals surface area contributed by atoms with Crippen LogP contribution in [0.2, 0.25) is 0 Å². The van der Waals surface area contributed by atoms with Crippen LogP contribution in [-0.4, -0.2) is 31.2 Å². The predicted octanol–water partition coefficient (Wildman–Crippen LogP) is 12.0. The first-order valence-electron chi connectivity index (χ1n) is 23.0. The van der Waals surface area contributed by atoms with Crippen LogP contribution in [0.4, 0.5) is 0 Å². The first-order valence-corrected chi connectivity index (χ1v) is 25.0. The molecule has 5 nitrogen and oxygen atoms in total. The van der Waals surface area contributed by atoms with Gasteiger partial charge in [0.1, 0.15) is 0 Å². The lowest BCUT2D eigenvalue weighted by Crippen LogP contribution is -2.74. The van der Waals surface area contributed by atoms with Gasteiger partial charge in [-0.2, -0.15) is 0 Å². The van der Waals surface area contributed by atoms with E-state index in [1.54, 1.807) is 0 Å². The van der Waals surface area contributed by atoms with E-state index in [9.17, 15) is 0 Å². The van der Waals surface area contributed by atoms with Crippen LogP contribution in [0.25, 0.3) is 88.5 Å². The highest BCUT2D eigenvalue weighted by atomic mass is 28.3. The molecule has 14 rings (SSSR count). The molecule has 0 aliphatic rings. The molecule has 0 N–H and O–H groups in total. The number of fused-ring (bicyclic) bond motifs is 11. The van der Waals surface area contributed by atoms with Gasteiger partial charge in [-0.1, -0.05) is 182 Å². The number of aromatic nitrogens is 5. The summed E-state index contributed by atoms with van der Waals surface area (Å²) in [6.45, 7) is 0. The first kappa shape index (κ1) is 37.6. The summed E-state index contributed by atoms with van der Waals surface area (Å²) in [5, 5.41) is 10.2. The van der Waals surface area contributed by atoms with Crippen molar-refractivity contribution in [2.24, 2.45) is 0 Å². The predicted molar refractivity (Wildman–Crippen MR) is 282 cm³/mol. The lowest BCUT2D eigenvalue weighted by Gasteiger charge is -2.35. The molecule has 67 heavy (non-hydrogen) atoms. The molecule has 4 aromatic heterocycles. The zero-order valence-electron chi connectivity index (χ0n) is 36.4. The Kier molecular flexibility index (Phi) is 8.23. The molecule has 6 heteroatoms. The topological polar surface area (TPSA) is 32.1 Å². The van der Waals surface area contributed by atoms with E-state index in [1.165, 1.54) is 53.3 Å². The highest BCUT2D eigenvalue weighted by Crippen LogP contribution is 2.39. The molecule has 0 amide bonds.